The number of rotatable bonds is 2. The van der Waals surface area contributed by atoms with E-state index in [1.165, 1.54) is 0 Å². The molecule has 1 heterocycles. The molecule has 0 bridgehead atoms. The molecule has 0 unspecified atom stereocenters. The molecule has 11 heavy (non-hydrogen) atoms. The van der Waals surface area contributed by atoms with E-state index >= 15 is 0 Å². The third kappa shape index (κ3) is 3.73. The highest BCUT2D eigenvalue weighted by molar-refractivity contribution is 5.85. The highest BCUT2D eigenvalue weighted by Gasteiger charge is 1.99. The van der Waals surface area contributed by atoms with Crippen LogP contribution in [0.5, 0.6) is 0 Å². The van der Waals surface area contributed by atoms with Crippen molar-refractivity contribution in [1.82, 2.24) is 0 Å². The van der Waals surface area contributed by atoms with Crippen molar-refractivity contribution in [2.75, 3.05) is 0 Å². The van der Waals surface area contributed by atoms with Gasteiger partial charge in [-0.15, -0.1) is 12.4 Å². The summed E-state index contributed by atoms with van der Waals surface area (Å²) < 4.78 is 1.85. The van der Waals surface area contributed by atoms with E-state index in [1.807, 2.05) is 35.2 Å². The maximum Gasteiger partial charge on any atom is 0.206 e. The maximum absolute atomic E-state index is 10.6. The van der Waals surface area contributed by atoms with Crippen LogP contribution in [0.1, 0.15) is 6.92 Å². The van der Waals surface area contributed by atoms with E-state index in [-0.39, 0.29) is 18.2 Å². The fraction of sp³-hybridized carbons (Fsp3) is 0.250. The summed E-state index contributed by atoms with van der Waals surface area (Å²) in [6.07, 6.45) is 3.75. The van der Waals surface area contributed by atoms with Gasteiger partial charge in [-0.05, 0) is 0 Å². The molecule has 1 aromatic heterocycles. The fourth-order valence-corrected chi connectivity index (χ4v) is 0.797. The van der Waals surface area contributed by atoms with E-state index in [2.05, 4.69) is 0 Å². The van der Waals surface area contributed by atoms with Crippen LogP contribution in [0.3, 0.4) is 0 Å². The van der Waals surface area contributed by atoms with Crippen LogP contribution in [0.4, 0.5) is 0 Å². The number of halogens is 1. The number of aromatic nitrogens is 1. The molecule has 0 aliphatic carbocycles. The van der Waals surface area contributed by atoms with Gasteiger partial charge in [0.15, 0.2) is 18.2 Å². The average molecular weight is 173 g/mol. The Morgan fingerprint density at radius 3 is 2.27 bits per heavy atom. The van der Waals surface area contributed by atoms with Gasteiger partial charge in [-0.25, -0.2) is 0 Å². The van der Waals surface area contributed by atoms with Crippen LogP contribution in [0.15, 0.2) is 30.6 Å². The summed E-state index contributed by atoms with van der Waals surface area (Å²) in [4.78, 5) is 10.6. The van der Waals surface area contributed by atoms with Crippen LogP contribution in [0, 0.1) is 0 Å². The molecule has 3 heteroatoms. The number of hydrogen-bond acceptors (Lipinski definition) is 1. The van der Waals surface area contributed by atoms with Crippen molar-refractivity contribution >= 4 is 18.2 Å². The number of pyridine rings is 1. The number of ketones is 1. The Labute approximate surface area is 72.3 Å². The van der Waals surface area contributed by atoms with E-state index < -0.39 is 0 Å². The minimum absolute atomic E-state index is 0. The summed E-state index contributed by atoms with van der Waals surface area (Å²) in [5, 5.41) is 0. The van der Waals surface area contributed by atoms with Crippen molar-refractivity contribution in [2.45, 2.75) is 13.5 Å². The van der Waals surface area contributed by atoms with Crippen molar-refractivity contribution in [1.29, 1.82) is 0 Å². The summed E-state index contributed by atoms with van der Waals surface area (Å²) in [5.74, 6) is 0.177. The summed E-state index contributed by atoms with van der Waals surface area (Å²) in [5.41, 5.74) is 0. The van der Waals surface area contributed by atoms with E-state index in [0.29, 0.717) is 6.54 Å². The van der Waals surface area contributed by atoms with Crippen LogP contribution in [0.2, 0.25) is 0 Å². The first-order valence-electron chi connectivity index (χ1n) is 3.22. The Balaban J connectivity index is 0.000001000. The van der Waals surface area contributed by atoms with Gasteiger partial charge < -0.3 is 0 Å². The van der Waals surface area contributed by atoms with Crippen LogP contribution in [0.25, 0.3) is 0 Å². The van der Waals surface area contributed by atoms with Crippen molar-refractivity contribution < 1.29 is 9.36 Å². The van der Waals surface area contributed by atoms with Gasteiger partial charge in [-0.1, -0.05) is 6.07 Å². The lowest BCUT2D eigenvalue weighted by atomic mass is 10.4. The molecule has 0 fully saturated rings. The molecule has 0 N–H and O–H groups in total. The summed E-state index contributed by atoms with van der Waals surface area (Å²) in [6.45, 7) is 2.06. The van der Waals surface area contributed by atoms with Crippen molar-refractivity contribution in [2.24, 2.45) is 0 Å². The first-order valence-corrected chi connectivity index (χ1v) is 3.22. The minimum Gasteiger partial charge on any atom is -0.293 e. The Morgan fingerprint density at radius 1 is 1.27 bits per heavy atom. The standard InChI is InChI=1S/C8H10NO.ClH/c1-8(10)7-9-5-3-2-4-6-9;/h2-6H,7H2,1H3;1H/q+1;. The molecule has 0 saturated carbocycles. The Morgan fingerprint density at radius 2 is 1.82 bits per heavy atom. The number of carbonyl (C=O) groups excluding carboxylic acids is 1. The Bertz CT molecular complexity index is 223. The summed E-state index contributed by atoms with van der Waals surface area (Å²) in [7, 11) is 0. The monoisotopic (exact) mass is 172 g/mol. The van der Waals surface area contributed by atoms with Crippen molar-refractivity contribution in [3.8, 4) is 0 Å². The number of nitrogens with zero attached hydrogens (tertiary/aromatic N) is 1. The average Bonchev–Trinajstić information content (AvgIpc) is 1.88. The Hall–Kier alpha value is -0.890. The smallest absolute Gasteiger partial charge is 0.206 e. The second kappa shape index (κ2) is 4.85. The highest BCUT2D eigenvalue weighted by Crippen LogP contribution is 1.77. The molecule has 0 aliphatic heterocycles. The SMILES string of the molecule is CC(=O)C[n+]1ccccc1.Cl. The first-order chi connectivity index (χ1) is 4.79. The minimum atomic E-state index is 0. The van der Waals surface area contributed by atoms with Gasteiger partial charge in [0.25, 0.3) is 0 Å². The zero-order valence-corrected chi connectivity index (χ0v) is 7.17. The van der Waals surface area contributed by atoms with Gasteiger partial charge in [0.2, 0.25) is 6.54 Å². The van der Waals surface area contributed by atoms with Gasteiger partial charge in [-0.2, -0.15) is 4.57 Å². The summed E-state index contributed by atoms with van der Waals surface area (Å²) in [6, 6.07) is 5.74. The molecule has 0 saturated heterocycles. The zero-order valence-electron chi connectivity index (χ0n) is 6.36. The van der Waals surface area contributed by atoms with Crippen LogP contribution in [-0.2, 0) is 11.3 Å². The first kappa shape index (κ1) is 10.1. The van der Waals surface area contributed by atoms with Gasteiger partial charge in [-0.3, -0.25) is 4.79 Å². The van der Waals surface area contributed by atoms with E-state index in [9.17, 15) is 4.79 Å². The molecule has 0 radical (unpaired) electrons. The number of carbonyl (C=O) groups is 1. The predicted molar refractivity (Wildman–Crippen MR) is 44.6 cm³/mol. The van der Waals surface area contributed by atoms with Gasteiger partial charge in [0.1, 0.15) is 0 Å². The molecule has 0 atom stereocenters. The second-order valence-corrected chi connectivity index (χ2v) is 2.25. The molecule has 0 spiro atoms. The van der Waals surface area contributed by atoms with Gasteiger partial charge >= 0.3 is 0 Å². The number of hydrogen-bond donors (Lipinski definition) is 0. The van der Waals surface area contributed by atoms with Gasteiger partial charge in [0, 0.05) is 19.1 Å². The Kier molecular flexibility index (Phi) is 4.46. The largest absolute Gasteiger partial charge is 0.293 e. The molecule has 2 nitrogen and oxygen atoms in total. The maximum atomic E-state index is 10.6. The molecule has 0 amide bonds. The molecule has 1 aromatic rings. The van der Waals surface area contributed by atoms with E-state index in [1.54, 1.807) is 6.92 Å². The van der Waals surface area contributed by atoms with E-state index in [0.717, 1.165) is 0 Å². The lowest BCUT2D eigenvalue weighted by molar-refractivity contribution is -0.684. The third-order valence-electron chi connectivity index (χ3n) is 1.18. The van der Waals surface area contributed by atoms with Crippen molar-refractivity contribution in [3.05, 3.63) is 30.6 Å². The lowest BCUT2D eigenvalue weighted by Gasteiger charge is -1.88. The third-order valence-corrected chi connectivity index (χ3v) is 1.18. The van der Waals surface area contributed by atoms with Crippen LogP contribution < -0.4 is 4.57 Å². The topological polar surface area (TPSA) is 20.9 Å². The molecule has 0 aromatic carbocycles. The molecule has 60 valence electrons. The summed E-state index contributed by atoms with van der Waals surface area (Å²) >= 11 is 0. The van der Waals surface area contributed by atoms with Crippen LogP contribution in [-0.4, -0.2) is 5.78 Å². The molecule has 1 rings (SSSR count). The molecular formula is C8H11ClNO+. The quantitative estimate of drug-likeness (QED) is 0.610. The zero-order chi connectivity index (χ0) is 7.40. The lowest BCUT2D eigenvalue weighted by Crippen LogP contribution is -2.35. The normalized spacial score (nSPS) is 8.45. The van der Waals surface area contributed by atoms with Gasteiger partial charge in [0.05, 0.1) is 0 Å². The molecular weight excluding hydrogens is 162 g/mol. The van der Waals surface area contributed by atoms with Crippen molar-refractivity contribution in [3.63, 3.8) is 0 Å². The van der Waals surface area contributed by atoms with Crippen LogP contribution >= 0.6 is 12.4 Å². The predicted octanol–water partition coefficient (Wildman–Crippen LogP) is 0.985. The highest BCUT2D eigenvalue weighted by atomic mass is 35.5. The van der Waals surface area contributed by atoms with E-state index in [4.69, 9.17) is 0 Å². The number of Topliss-reactive ketones (excluding diaryl/α,β-unsaturated/α-hetero) is 1. The fourth-order valence-electron chi connectivity index (χ4n) is 0.797. The second-order valence-electron chi connectivity index (χ2n) is 2.25. The molecule has 0 aliphatic rings.